The molecule has 2 aliphatic rings. The van der Waals surface area contributed by atoms with Gasteiger partial charge in [0.1, 0.15) is 0 Å². The van der Waals surface area contributed by atoms with Gasteiger partial charge in [0, 0.05) is 5.92 Å². The van der Waals surface area contributed by atoms with Crippen molar-refractivity contribution in [3.63, 3.8) is 0 Å². The molecule has 9 heavy (non-hydrogen) atoms. The lowest BCUT2D eigenvalue weighted by atomic mass is 9.79. The lowest BCUT2D eigenvalue weighted by Gasteiger charge is -2.26. The standard InChI is InChI=1S/C9H12/c1-2-7-6-8-4-3-5-9(7)8/h2,7H,1,3-6H2. The molecular weight excluding hydrogens is 108 g/mol. The van der Waals surface area contributed by atoms with E-state index < -0.39 is 0 Å². The van der Waals surface area contributed by atoms with Crippen molar-refractivity contribution in [3.8, 4) is 0 Å². The molecule has 0 amide bonds. The normalized spacial score (nSPS) is 31.8. The van der Waals surface area contributed by atoms with E-state index in [1.807, 2.05) is 0 Å². The summed E-state index contributed by atoms with van der Waals surface area (Å²) in [7, 11) is 0. The van der Waals surface area contributed by atoms with E-state index in [0.717, 1.165) is 5.92 Å². The van der Waals surface area contributed by atoms with Gasteiger partial charge in [-0.3, -0.25) is 0 Å². The first-order valence-electron chi connectivity index (χ1n) is 3.75. The van der Waals surface area contributed by atoms with Gasteiger partial charge >= 0.3 is 0 Å². The lowest BCUT2D eigenvalue weighted by molar-refractivity contribution is 0.646. The summed E-state index contributed by atoms with van der Waals surface area (Å²) in [5.74, 6) is 0.780. The van der Waals surface area contributed by atoms with Crippen molar-refractivity contribution in [1.29, 1.82) is 0 Å². The Bertz CT molecular complexity index is 174. The van der Waals surface area contributed by atoms with Crippen LogP contribution in [0.1, 0.15) is 25.7 Å². The number of hydrogen-bond acceptors (Lipinski definition) is 0. The fraction of sp³-hybridized carbons (Fsp3) is 0.556. The Kier molecular flexibility index (Phi) is 1.01. The first-order valence-corrected chi connectivity index (χ1v) is 3.75. The van der Waals surface area contributed by atoms with E-state index in [4.69, 9.17) is 0 Å². The molecule has 0 bridgehead atoms. The Morgan fingerprint density at radius 3 is 3.00 bits per heavy atom. The van der Waals surface area contributed by atoms with Crippen LogP contribution in [0.3, 0.4) is 0 Å². The molecule has 0 saturated carbocycles. The van der Waals surface area contributed by atoms with Crippen LogP contribution in [0.25, 0.3) is 0 Å². The van der Waals surface area contributed by atoms with Crippen molar-refractivity contribution < 1.29 is 0 Å². The molecule has 0 saturated heterocycles. The summed E-state index contributed by atoms with van der Waals surface area (Å²) in [5, 5.41) is 0. The molecule has 0 heterocycles. The predicted octanol–water partition coefficient (Wildman–Crippen LogP) is 2.67. The monoisotopic (exact) mass is 120 g/mol. The first-order chi connectivity index (χ1) is 4.42. The van der Waals surface area contributed by atoms with Gasteiger partial charge in [0.25, 0.3) is 0 Å². The van der Waals surface area contributed by atoms with Crippen molar-refractivity contribution in [1.82, 2.24) is 0 Å². The quantitative estimate of drug-likeness (QED) is 0.467. The molecule has 1 atom stereocenters. The largest absolute Gasteiger partial charge is 0.102 e. The highest BCUT2D eigenvalue weighted by atomic mass is 14.3. The van der Waals surface area contributed by atoms with Crippen LogP contribution in [0.4, 0.5) is 0 Å². The zero-order valence-corrected chi connectivity index (χ0v) is 5.69. The molecule has 0 aliphatic heterocycles. The maximum atomic E-state index is 3.81. The minimum Gasteiger partial charge on any atom is -0.102 e. The van der Waals surface area contributed by atoms with Crippen LogP contribution in [0.15, 0.2) is 23.8 Å². The van der Waals surface area contributed by atoms with Crippen LogP contribution in [0, 0.1) is 5.92 Å². The minimum absolute atomic E-state index is 0.780. The number of allylic oxidation sites excluding steroid dienone is 3. The van der Waals surface area contributed by atoms with Crippen LogP contribution in [0.2, 0.25) is 0 Å². The van der Waals surface area contributed by atoms with Gasteiger partial charge in [-0.15, -0.1) is 6.58 Å². The molecule has 0 heteroatoms. The SMILES string of the molecule is C=CC1CC2=C1CCC2. The van der Waals surface area contributed by atoms with Gasteiger partial charge in [-0.1, -0.05) is 17.2 Å². The lowest BCUT2D eigenvalue weighted by Crippen LogP contribution is -2.11. The molecule has 0 aromatic heterocycles. The van der Waals surface area contributed by atoms with Gasteiger partial charge in [-0.25, -0.2) is 0 Å². The molecule has 0 radical (unpaired) electrons. The van der Waals surface area contributed by atoms with Crippen LogP contribution >= 0.6 is 0 Å². The van der Waals surface area contributed by atoms with Gasteiger partial charge in [-0.05, 0) is 25.7 Å². The van der Waals surface area contributed by atoms with Crippen molar-refractivity contribution in [2.45, 2.75) is 25.7 Å². The highest BCUT2D eigenvalue weighted by Crippen LogP contribution is 2.45. The molecule has 2 rings (SSSR count). The van der Waals surface area contributed by atoms with E-state index in [2.05, 4.69) is 12.7 Å². The Balaban J connectivity index is 2.19. The summed E-state index contributed by atoms with van der Waals surface area (Å²) in [4.78, 5) is 0. The van der Waals surface area contributed by atoms with Crippen molar-refractivity contribution in [2.24, 2.45) is 5.92 Å². The fourth-order valence-electron chi connectivity index (χ4n) is 1.99. The zero-order valence-electron chi connectivity index (χ0n) is 5.69. The molecule has 0 fully saturated rings. The Labute approximate surface area is 56.3 Å². The molecule has 0 aromatic carbocycles. The molecular formula is C9H12. The van der Waals surface area contributed by atoms with Gasteiger partial charge < -0.3 is 0 Å². The third kappa shape index (κ3) is 0.592. The fourth-order valence-corrected chi connectivity index (χ4v) is 1.99. The van der Waals surface area contributed by atoms with E-state index in [1.54, 1.807) is 11.1 Å². The maximum absolute atomic E-state index is 3.81. The highest BCUT2D eigenvalue weighted by Gasteiger charge is 2.29. The number of rotatable bonds is 1. The smallest absolute Gasteiger partial charge is 0.00140 e. The Hall–Kier alpha value is -0.520. The Morgan fingerprint density at radius 1 is 1.44 bits per heavy atom. The van der Waals surface area contributed by atoms with Crippen LogP contribution in [-0.2, 0) is 0 Å². The average molecular weight is 120 g/mol. The summed E-state index contributed by atoms with van der Waals surface area (Å²) in [6, 6.07) is 0. The molecule has 0 spiro atoms. The minimum atomic E-state index is 0.780. The summed E-state index contributed by atoms with van der Waals surface area (Å²) in [5.41, 5.74) is 3.48. The van der Waals surface area contributed by atoms with Crippen molar-refractivity contribution in [3.05, 3.63) is 23.8 Å². The van der Waals surface area contributed by atoms with Crippen LogP contribution in [0.5, 0.6) is 0 Å². The second kappa shape index (κ2) is 1.73. The predicted molar refractivity (Wildman–Crippen MR) is 39.2 cm³/mol. The first kappa shape index (κ1) is 5.28. The average Bonchev–Trinajstić information content (AvgIpc) is 2.14. The summed E-state index contributed by atoms with van der Waals surface area (Å²) >= 11 is 0. The van der Waals surface area contributed by atoms with Gasteiger partial charge in [0.05, 0.1) is 0 Å². The third-order valence-electron chi connectivity index (χ3n) is 2.58. The van der Waals surface area contributed by atoms with E-state index in [-0.39, 0.29) is 0 Å². The third-order valence-corrected chi connectivity index (χ3v) is 2.58. The van der Waals surface area contributed by atoms with Gasteiger partial charge in [0.15, 0.2) is 0 Å². The molecule has 0 aromatic rings. The van der Waals surface area contributed by atoms with Crippen molar-refractivity contribution >= 4 is 0 Å². The van der Waals surface area contributed by atoms with E-state index in [9.17, 15) is 0 Å². The molecule has 48 valence electrons. The van der Waals surface area contributed by atoms with E-state index >= 15 is 0 Å². The van der Waals surface area contributed by atoms with Crippen molar-refractivity contribution in [2.75, 3.05) is 0 Å². The molecule has 0 nitrogen and oxygen atoms in total. The Morgan fingerprint density at radius 2 is 2.33 bits per heavy atom. The summed E-state index contributed by atoms with van der Waals surface area (Å²) in [6.07, 6.45) is 7.60. The van der Waals surface area contributed by atoms with Gasteiger partial charge in [-0.2, -0.15) is 0 Å². The number of hydrogen-bond donors (Lipinski definition) is 0. The molecule has 0 N–H and O–H groups in total. The second-order valence-electron chi connectivity index (χ2n) is 3.03. The second-order valence-corrected chi connectivity index (χ2v) is 3.03. The van der Waals surface area contributed by atoms with E-state index in [1.165, 1.54) is 25.7 Å². The van der Waals surface area contributed by atoms with E-state index in [0.29, 0.717) is 0 Å². The zero-order chi connectivity index (χ0) is 6.27. The topological polar surface area (TPSA) is 0 Å². The maximum Gasteiger partial charge on any atom is 0.00140 e. The summed E-state index contributed by atoms with van der Waals surface area (Å²) < 4.78 is 0. The van der Waals surface area contributed by atoms with Gasteiger partial charge in [0.2, 0.25) is 0 Å². The molecule has 2 aliphatic carbocycles. The van der Waals surface area contributed by atoms with Crippen LogP contribution < -0.4 is 0 Å². The summed E-state index contributed by atoms with van der Waals surface area (Å²) in [6.45, 7) is 3.81. The highest BCUT2D eigenvalue weighted by molar-refractivity contribution is 5.35. The van der Waals surface area contributed by atoms with Crippen LogP contribution in [-0.4, -0.2) is 0 Å². The molecule has 1 unspecified atom stereocenters.